The lowest BCUT2D eigenvalue weighted by Crippen LogP contribution is -2.26. The van der Waals surface area contributed by atoms with E-state index in [1.165, 1.54) is 17.2 Å². The van der Waals surface area contributed by atoms with E-state index < -0.39 is 21.4 Å². The Kier molecular flexibility index (Phi) is 4.71. The number of fused-ring (bicyclic) bond motifs is 1. The summed E-state index contributed by atoms with van der Waals surface area (Å²) in [7, 11) is -3.09. The Balaban J connectivity index is 1.51. The molecule has 3 heterocycles. The third kappa shape index (κ3) is 3.68. The van der Waals surface area contributed by atoms with E-state index in [1.54, 1.807) is 0 Å². The summed E-state index contributed by atoms with van der Waals surface area (Å²) in [5.74, 6) is -0.467. The molecule has 0 spiro atoms. The molecule has 9 nitrogen and oxygen atoms in total. The van der Waals surface area contributed by atoms with Crippen molar-refractivity contribution >= 4 is 26.8 Å². The average molecular weight is 402 g/mol. The Morgan fingerprint density at radius 3 is 2.75 bits per heavy atom. The number of hydrogen-bond donors (Lipinski definition) is 0. The number of hydrogen-bond acceptors (Lipinski definition) is 7. The minimum atomic E-state index is -3.09. The zero-order chi connectivity index (χ0) is 19.7. The second-order valence-corrected chi connectivity index (χ2v) is 8.94. The highest BCUT2D eigenvalue weighted by molar-refractivity contribution is 7.91. The summed E-state index contributed by atoms with van der Waals surface area (Å²) in [6.07, 6.45) is 3.06. The van der Waals surface area contributed by atoms with Gasteiger partial charge in [-0.25, -0.2) is 18.1 Å². The van der Waals surface area contributed by atoms with Crippen LogP contribution in [-0.4, -0.2) is 45.2 Å². The molecular weight excluding hydrogens is 384 g/mol. The lowest BCUT2D eigenvalue weighted by atomic mass is 10.2. The second-order valence-electron chi connectivity index (χ2n) is 6.71. The van der Waals surface area contributed by atoms with Crippen molar-refractivity contribution < 1.29 is 17.9 Å². The fourth-order valence-corrected chi connectivity index (χ4v) is 4.93. The number of nitrogens with zero attached hydrogens (tertiary/aromatic N) is 4. The number of sulfone groups is 1. The standard InChI is InChI=1S/C18H18N4O5S/c23-16(27-10-13-4-2-1-3-5-13)9-21-12-19-17-15(18(21)24)8-20-22(17)14-6-7-28(25,26)11-14/h1-5,8,12,14H,6-7,9-11H2/t14-/m0/s1. The lowest BCUT2D eigenvalue weighted by Gasteiger charge is -2.10. The van der Waals surface area contributed by atoms with Crippen molar-refractivity contribution in [3.63, 3.8) is 0 Å². The molecule has 10 heteroatoms. The molecule has 28 heavy (non-hydrogen) atoms. The van der Waals surface area contributed by atoms with Crippen molar-refractivity contribution in [3.05, 3.63) is 58.8 Å². The van der Waals surface area contributed by atoms with E-state index in [1.807, 2.05) is 30.3 Å². The summed E-state index contributed by atoms with van der Waals surface area (Å²) in [6, 6.07) is 8.90. The van der Waals surface area contributed by atoms with Crippen LogP contribution in [0.2, 0.25) is 0 Å². The van der Waals surface area contributed by atoms with E-state index in [0.717, 1.165) is 10.1 Å². The Labute approximate surface area is 160 Å². The smallest absolute Gasteiger partial charge is 0.326 e. The van der Waals surface area contributed by atoms with Gasteiger partial charge < -0.3 is 4.74 Å². The fraction of sp³-hybridized carbons (Fsp3) is 0.333. The second kappa shape index (κ2) is 7.19. The number of carbonyl (C=O) groups is 1. The predicted molar refractivity (Wildman–Crippen MR) is 100 cm³/mol. The fourth-order valence-electron chi connectivity index (χ4n) is 3.24. The average Bonchev–Trinajstić information content (AvgIpc) is 3.26. The molecule has 0 saturated carbocycles. The van der Waals surface area contributed by atoms with Crippen LogP contribution in [0.25, 0.3) is 11.0 Å². The van der Waals surface area contributed by atoms with Crippen molar-refractivity contribution in [3.8, 4) is 0 Å². The van der Waals surface area contributed by atoms with Gasteiger partial charge in [-0.15, -0.1) is 0 Å². The van der Waals surface area contributed by atoms with Gasteiger partial charge in [-0.05, 0) is 12.0 Å². The maximum Gasteiger partial charge on any atom is 0.326 e. The van der Waals surface area contributed by atoms with E-state index in [2.05, 4.69) is 10.1 Å². The molecular formula is C18H18N4O5S. The summed E-state index contributed by atoms with van der Waals surface area (Å²) in [4.78, 5) is 28.9. The van der Waals surface area contributed by atoms with Gasteiger partial charge in [0.15, 0.2) is 15.5 Å². The first kappa shape index (κ1) is 18.4. The van der Waals surface area contributed by atoms with E-state index >= 15 is 0 Å². The summed E-state index contributed by atoms with van der Waals surface area (Å²) >= 11 is 0. The number of rotatable bonds is 5. The van der Waals surface area contributed by atoms with Crippen molar-refractivity contribution in [1.29, 1.82) is 0 Å². The zero-order valence-corrected chi connectivity index (χ0v) is 15.7. The lowest BCUT2D eigenvalue weighted by molar-refractivity contribution is -0.145. The number of esters is 1. The molecule has 1 aliphatic heterocycles. The van der Waals surface area contributed by atoms with Crippen LogP contribution in [0.5, 0.6) is 0 Å². The molecule has 146 valence electrons. The SMILES string of the molecule is O=C(Cn1cnc2c(cnn2[C@H]2CCS(=O)(=O)C2)c1=O)OCc1ccccc1. The molecule has 0 bridgehead atoms. The maximum atomic E-state index is 12.6. The quantitative estimate of drug-likeness (QED) is 0.577. The van der Waals surface area contributed by atoms with Gasteiger partial charge in [0.25, 0.3) is 5.56 Å². The number of ether oxygens (including phenoxy) is 1. The first-order valence-corrected chi connectivity index (χ1v) is 10.6. The molecule has 0 N–H and O–H groups in total. The molecule has 0 radical (unpaired) electrons. The van der Waals surface area contributed by atoms with Crippen molar-refractivity contribution in [2.24, 2.45) is 0 Å². The number of aromatic nitrogens is 4. The molecule has 1 fully saturated rings. The molecule has 1 atom stereocenters. The minimum absolute atomic E-state index is 0.0135. The van der Waals surface area contributed by atoms with Gasteiger partial charge in [-0.3, -0.25) is 14.2 Å². The summed E-state index contributed by atoms with van der Waals surface area (Å²) in [5.41, 5.74) is 0.749. The normalized spacial score (nSPS) is 18.4. The molecule has 2 aromatic heterocycles. The van der Waals surface area contributed by atoms with Crippen LogP contribution >= 0.6 is 0 Å². The first-order valence-electron chi connectivity index (χ1n) is 8.75. The topological polar surface area (TPSA) is 113 Å². The third-order valence-corrected chi connectivity index (χ3v) is 6.43. The Morgan fingerprint density at radius 2 is 2.04 bits per heavy atom. The zero-order valence-electron chi connectivity index (χ0n) is 14.9. The van der Waals surface area contributed by atoms with E-state index in [4.69, 9.17) is 4.74 Å². The molecule has 0 aliphatic carbocycles. The molecule has 1 saturated heterocycles. The van der Waals surface area contributed by atoms with Crippen LogP contribution in [0.1, 0.15) is 18.0 Å². The molecule has 0 unspecified atom stereocenters. The van der Waals surface area contributed by atoms with Crippen molar-refractivity contribution in [2.45, 2.75) is 25.6 Å². The molecule has 4 rings (SSSR count). The molecule has 1 aromatic carbocycles. The maximum absolute atomic E-state index is 12.6. The van der Waals surface area contributed by atoms with Gasteiger partial charge in [0.05, 0.1) is 23.7 Å². The van der Waals surface area contributed by atoms with Gasteiger partial charge in [0.2, 0.25) is 0 Å². The Bertz CT molecular complexity index is 1180. The Morgan fingerprint density at radius 1 is 1.25 bits per heavy atom. The van der Waals surface area contributed by atoms with Crippen LogP contribution in [0.4, 0.5) is 0 Å². The summed E-state index contributed by atoms with van der Waals surface area (Å²) in [6.45, 7) is -0.143. The van der Waals surface area contributed by atoms with E-state index in [9.17, 15) is 18.0 Å². The largest absolute Gasteiger partial charge is 0.459 e. The van der Waals surface area contributed by atoms with Gasteiger partial charge >= 0.3 is 5.97 Å². The number of carbonyl (C=O) groups excluding carboxylic acids is 1. The molecule has 0 amide bonds. The van der Waals surface area contributed by atoms with Gasteiger partial charge in [0.1, 0.15) is 24.9 Å². The van der Waals surface area contributed by atoms with Gasteiger partial charge in [-0.1, -0.05) is 30.3 Å². The van der Waals surface area contributed by atoms with Crippen LogP contribution < -0.4 is 5.56 Å². The highest BCUT2D eigenvalue weighted by Gasteiger charge is 2.31. The third-order valence-electron chi connectivity index (χ3n) is 4.68. The van der Waals surface area contributed by atoms with E-state index in [0.29, 0.717) is 12.1 Å². The summed E-state index contributed by atoms with van der Waals surface area (Å²) in [5, 5.41) is 4.40. The highest BCUT2D eigenvalue weighted by Crippen LogP contribution is 2.25. The first-order chi connectivity index (χ1) is 13.4. The van der Waals surface area contributed by atoms with Gasteiger partial charge in [0, 0.05) is 0 Å². The number of benzene rings is 1. The minimum Gasteiger partial charge on any atom is -0.459 e. The predicted octanol–water partition coefficient (Wildman–Crippen LogP) is 0.696. The van der Waals surface area contributed by atoms with Gasteiger partial charge in [-0.2, -0.15) is 5.10 Å². The van der Waals surface area contributed by atoms with Crippen LogP contribution in [0.15, 0.2) is 47.7 Å². The van der Waals surface area contributed by atoms with Crippen LogP contribution in [0, 0.1) is 0 Å². The highest BCUT2D eigenvalue weighted by atomic mass is 32.2. The van der Waals surface area contributed by atoms with Crippen LogP contribution in [-0.2, 0) is 32.5 Å². The van der Waals surface area contributed by atoms with Crippen LogP contribution in [0.3, 0.4) is 0 Å². The van der Waals surface area contributed by atoms with Crippen molar-refractivity contribution in [2.75, 3.05) is 11.5 Å². The molecule has 3 aromatic rings. The monoisotopic (exact) mass is 402 g/mol. The van der Waals surface area contributed by atoms with E-state index in [-0.39, 0.29) is 36.1 Å². The molecule has 1 aliphatic rings. The Hall–Kier alpha value is -3.01. The summed E-state index contributed by atoms with van der Waals surface area (Å²) < 4.78 is 31.2. The van der Waals surface area contributed by atoms with Crippen molar-refractivity contribution in [1.82, 2.24) is 19.3 Å².